The molecule has 4 nitrogen and oxygen atoms in total. The Hall–Kier alpha value is -3.06. The van der Waals surface area contributed by atoms with E-state index in [2.05, 4.69) is 91.9 Å². The molecule has 0 amide bonds. The van der Waals surface area contributed by atoms with Crippen molar-refractivity contribution < 1.29 is 17.7 Å². The van der Waals surface area contributed by atoms with Crippen LogP contribution < -0.4 is 4.74 Å². The zero-order chi connectivity index (χ0) is 30.0. The summed E-state index contributed by atoms with van der Waals surface area (Å²) in [5.41, 5.74) is 0.928. The van der Waals surface area contributed by atoms with Crippen molar-refractivity contribution in [1.82, 2.24) is 0 Å². The highest BCUT2D eigenvalue weighted by atomic mass is 32.2. The van der Waals surface area contributed by atoms with Crippen molar-refractivity contribution in [3.8, 4) is 5.75 Å². The third kappa shape index (κ3) is 12.0. The van der Waals surface area contributed by atoms with Gasteiger partial charge in [0, 0.05) is 0 Å². The van der Waals surface area contributed by atoms with Crippen LogP contribution in [0.5, 0.6) is 5.75 Å². The Bertz CT molecular complexity index is 1330. The van der Waals surface area contributed by atoms with E-state index < -0.39 is 10.1 Å². The van der Waals surface area contributed by atoms with Crippen LogP contribution in [-0.2, 0) is 21.0 Å². The van der Waals surface area contributed by atoms with Gasteiger partial charge >= 0.3 is 0 Å². The topological polar surface area (TPSA) is 66.4 Å². The molecule has 4 rings (SSSR count). The first-order valence-electron chi connectivity index (χ1n) is 15.0. The Kier molecular flexibility index (Phi) is 14.7. The van der Waals surface area contributed by atoms with Crippen LogP contribution in [0.4, 0.5) is 0 Å². The second-order valence-corrected chi connectivity index (χ2v) is 13.8. The summed E-state index contributed by atoms with van der Waals surface area (Å²) in [5.74, 6) is 0.980. The number of hydrogen-bond acceptors (Lipinski definition) is 4. The number of rotatable bonds is 15. The molecule has 6 heteroatoms. The molecule has 224 valence electrons. The lowest BCUT2D eigenvalue weighted by molar-refractivity contribution is 0.304. The maximum atomic E-state index is 10.4. The Labute approximate surface area is 256 Å². The fraction of sp³-hybridized carbons (Fsp3) is 0.333. The zero-order valence-corrected chi connectivity index (χ0v) is 26.5. The summed E-state index contributed by atoms with van der Waals surface area (Å²) in [6, 6.07) is 36.1. The summed E-state index contributed by atoms with van der Waals surface area (Å²) in [7, 11) is -4.36. The Morgan fingerprint density at radius 1 is 0.595 bits per heavy atom. The van der Waals surface area contributed by atoms with Gasteiger partial charge < -0.3 is 9.29 Å². The fourth-order valence-electron chi connectivity index (χ4n) is 4.50. The second kappa shape index (κ2) is 18.5. The molecule has 42 heavy (non-hydrogen) atoms. The first-order chi connectivity index (χ1) is 20.4. The predicted molar refractivity (Wildman–Crippen MR) is 173 cm³/mol. The molecule has 0 aliphatic rings. The lowest BCUT2D eigenvalue weighted by Gasteiger charge is -2.09. The molecular formula is C36H44O4S2. The number of benzene rings is 4. The molecule has 0 spiro atoms. The van der Waals surface area contributed by atoms with Gasteiger partial charge in [-0.3, -0.25) is 0 Å². The minimum absolute atomic E-state index is 0.0931. The quantitative estimate of drug-likeness (QED) is 0.0770. The first kappa shape index (κ1) is 33.4. The molecule has 0 heterocycles. The average Bonchev–Trinajstić information content (AvgIpc) is 3.00. The maximum Gasteiger partial charge on any atom is 0.166 e. The Morgan fingerprint density at radius 3 is 1.52 bits per heavy atom. The molecule has 0 N–H and O–H groups in total. The van der Waals surface area contributed by atoms with Crippen LogP contribution >= 0.6 is 0 Å². The standard InChI is InChI=1S/C29H37OS.C7H8O3S/c1-2-3-4-5-6-7-8-9-16-25-30-26-21-23-29(24-22-26)31(27-17-12-10-13-18-27)28-19-14-11-15-20-28;1-6-2-4-7(5-3-6)11(8,9)10/h10-15,17-24H,2-9,16,25H2,1H3;2-5H,1H3,(H,8,9,10)/q+1;/p-1. The molecule has 0 saturated heterocycles. The highest BCUT2D eigenvalue weighted by molar-refractivity contribution is 7.97. The van der Waals surface area contributed by atoms with Crippen molar-refractivity contribution in [3.63, 3.8) is 0 Å². The minimum Gasteiger partial charge on any atom is -0.744 e. The van der Waals surface area contributed by atoms with Crippen molar-refractivity contribution >= 4 is 21.0 Å². The number of hydrogen-bond donors (Lipinski definition) is 0. The Morgan fingerprint density at radius 2 is 1.05 bits per heavy atom. The normalized spacial score (nSPS) is 11.1. The molecule has 0 aliphatic carbocycles. The molecule has 0 aromatic heterocycles. The summed E-state index contributed by atoms with van der Waals surface area (Å²) >= 11 is 0. The smallest absolute Gasteiger partial charge is 0.166 e. The third-order valence-electron chi connectivity index (χ3n) is 6.84. The van der Waals surface area contributed by atoms with Gasteiger partial charge in [-0.15, -0.1) is 0 Å². The van der Waals surface area contributed by atoms with E-state index >= 15 is 0 Å². The monoisotopic (exact) mass is 604 g/mol. The fourth-order valence-corrected chi connectivity index (χ4v) is 7.05. The van der Waals surface area contributed by atoms with Crippen molar-refractivity contribution in [3.05, 3.63) is 115 Å². The largest absolute Gasteiger partial charge is 0.744 e. The lowest BCUT2D eigenvalue weighted by Crippen LogP contribution is -2.04. The van der Waals surface area contributed by atoms with Crippen LogP contribution in [0, 0.1) is 6.92 Å². The van der Waals surface area contributed by atoms with Crippen LogP contribution in [0.3, 0.4) is 0 Å². The summed E-state index contributed by atoms with van der Waals surface area (Å²) < 4.78 is 37.2. The summed E-state index contributed by atoms with van der Waals surface area (Å²) in [4.78, 5) is 3.84. The highest BCUT2D eigenvalue weighted by Crippen LogP contribution is 2.32. The van der Waals surface area contributed by atoms with E-state index in [0.29, 0.717) is 0 Å². The molecule has 0 aliphatic heterocycles. The van der Waals surface area contributed by atoms with Gasteiger partial charge in [0.05, 0.1) is 22.4 Å². The Balaban J connectivity index is 0.000000369. The molecule has 0 unspecified atom stereocenters. The first-order valence-corrected chi connectivity index (χ1v) is 17.6. The van der Waals surface area contributed by atoms with E-state index in [4.69, 9.17) is 4.74 Å². The summed E-state index contributed by atoms with van der Waals surface area (Å²) in [6.07, 6.45) is 12.1. The SMILES string of the molecule is CCCCCCCCCCCOc1ccc([S+](c2ccccc2)c2ccccc2)cc1.Cc1ccc(S(=O)(=O)[O-])cc1. The van der Waals surface area contributed by atoms with Crippen molar-refractivity contribution in [2.45, 2.75) is 91.2 Å². The van der Waals surface area contributed by atoms with Crippen LogP contribution in [0.25, 0.3) is 0 Å². The zero-order valence-electron chi connectivity index (χ0n) is 24.9. The van der Waals surface area contributed by atoms with Gasteiger partial charge in [-0.1, -0.05) is 112 Å². The summed E-state index contributed by atoms with van der Waals surface area (Å²) in [5, 5.41) is 0. The van der Waals surface area contributed by atoms with Gasteiger partial charge in [-0.25, -0.2) is 8.42 Å². The van der Waals surface area contributed by atoms with Gasteiger partial charge in [0.2, 0.25) is 0 Å². The van der Waals surface area contributed by atoms with E-state index in [0.717, 1.165) is 24.3 Å². The minimum atomic E-state index is -4.27. The van der Waals surface area contributed by atoms with Crippen molar-refractivity contribution in [1.29, 1.82) is 0 Å². The summed E-state index contributed by atoms with van der Waals surface area (Å²) in [6.45, 7) is 4.91. The number of unbranched alkanes of at least 4 members (excludes halogenated alkanes) is 8. The van der Waals surface area contributed by atoms with Crippen LogP contribution in [-0.4, -0.2) is 19.6 Å². The maximum absolute atomic E-state index is 10.4. The average molecular weight is 605 g/mol. The predicted octanol–water partition coefficient (Wildman–Crippen LogP) is 9.59. The molecule has 0 bridgehead atoms. The van der Waals surface area contributed by atoms with E-state index in [1.54, 1.807) is 12.1 Å². The lowest BCUT2D eigenvalue weighted by atomic mass is 10.1. The van der Waals surface area contributed by atoms with Gasteiger partial charge in [-0.2, -0.15) is 0 Å². The van der Waals surface area contributed by atoms with E-state index in [-0.39, 0.29) is 15.8 Å². The highest BCUT2D eigenvalue weighted by Gasteiger charge is 2.28. The van der Waals surface area contributed by atoms with E-state index in [1.807, 2.05) is 6.92 Å². The molecule has 4 aromatic carbocycles. The second-order valence-electron chi connectivity index (χ2n) is 10.3. The molecule has 4 aromatic rings. The van der Waals surface area contributed by atoms with E-state index in [1.165, 1.54) is 78.2 Å². The van der Waals surface area contributed by atoms with Crippen LogP contribution in [0.1, 0.15) is 70.3 Å². The van der Waals surface area contributed by atoms with Crippen LogP contribution in [0.2, 0.25) is 0 Å². The molecule has 0 radical (unpaired) electrons. The van der Waals surface area contributed by atoms with Gasteiger partial charge in [-0.05, 0) is 74.0 Å². The van der Waals surface area contributed by atoms with Gasteiger partial charge in [0.1, 0.15) is 15.9 Å². The van der Waals surface area contributed by atoms with Gasteiger partial charge in [0.15, 0.2) is 14.7 Å². The third-order valence-corrected chi connectivity index (χ3v) is 9.92. The molecule has 0 atom stereocenters. The van der Waals surface area contributed by atoms with Crippen LogP contribution in [0.15, 0.2) is 129 Å². The number of ether oxygens (including phenoxy) is 1. The number of aryl methyl sites for hydroxylation is 1. The van der Waals surface area contributed by atoms with Crippen molar-refractivity contribution in [2.24, 2.45) is 0 Å². The van der Waals surface area contributed by atoms with Crippen molar-refractivity contribution in [2.75, 3.05) is 6.61 Å². The molecule has 0 saturated carbocycles. The van der Waals surface area contributed by atoms with Gasteiger partial charge in [0.25, 0.3) is 0 Å². The molecule has 0 fully saturated rings. The molecular weight excluding hydrogens is 561 g/mol. The van der Waals surface area contributed by atoms with E-state index in [9.17, 15) is 13.0 Å².